The minimum Gasteiger partial charge on any atom is -0.261 e. The molecule has 1 heteroatoms. The van der Waals surface area contributed by atoms with Crippen LogP contribution in [0.1, 0.15) is 44.5 Å². The van der Waals surface area contributed by atoms with E-state index in [0.29, 0.717) is 5.92 Å². The summed E-state index contributed by atoms with van der Waals surface area (Å²) in [6, 6.07) is 2.15. The molecule has 0 radical (unpaired) electrons. The number of hydrogen-bond acceptors (Lipinski definition) is 1. The fraction of sp³-hybridized carbons (Fsp3) is 0.500. The van der Waals surface area contributed by atoms with Gasteiger partial charge in [0.15, 0.2) is 0 Å². The highest BCUT2D eigenvalue weighted by Gasteiger charge is 2.21. The van der Waals surface area contributed by atoms with Crippen molar-refractivity contribution in [3.05, 3.63) is 35.2 Å². The molecule has 0 saturated carbocycles. The van der Waals surface area contributed by atoms with Gasteiger partial charge in [-0.05, 0) is 34.9 Å². The molecule has 1 nitrogen and oxygen atoms in total. The summed E-state index contributed by atoms with van der Waals surface area (Å²) in [5.41, 5.74) is 4.23. The Morgan fingerprint density at radius 1 is 1.33 bits per heavy atom. The van der Waals surface area contributed by atoms with Crippen LogP contribution in [0.5, 0.6) is 0 Å². The summed E-state index contributed by atoms with van der Waals surface area (Å²) in [6.07, 6.45) is 7.57. The van der Waals surface area contributed by atoms with Crippen molar-refractivity contribution < 1.29 is 0 Å². The Hall–Kier alpha value is -1.11. The molecule has 15 heavy (non-hydrogen) atoms. The van der Waals surface area contributed by atoms with E-state index < -0.39 is 0 Å². The molecule has 1 aromatic heterocycles. The molecule has 1 heterocycles. The number of nitrogens with zero attached hydrogens (tertiary/aromatic N) is 1. The molecule has 1 atom stereocenters. The Kier molecular flexibility index (Phi) is 2.41. The van der Waals surface area contributed by atoms with E-state index in [2.05, 4.69) is 50.9 Å². The molecule has 0 bridgehead atoms. The van der Waals surface area contributed by atoms with Crippen LogP contribution in [0.3, 0.4) is 0 Å². The smallest absolute Gasteiger partial charge is 0.0484 e. The fourth-order valence-electron chi connectivity index (χ4n) is 2.15. The van der Waals surface area contributed by atoms with Crippen LogP contribution in [0.4, 0.5) is 0 Å². The summed E-state index contributed by atoms with van der Waals surface area (Å²) in [5, 5.41) is 0. The largest absolute Gasteiger partial charge is 0.261 e. The third kappa shape index (κ3) is 1.97. The summed E-state index contributed by atoms with van der Waals surface area (Å²) in [5.74, 6) is 0.625. The fourth-order valence-corrected chi connectivity index (χ4v) is 2.15. The van der Waals surface area contributed by atoms with E-state index in [4.69, 9.17) is 0 Å². The molecular formula is C14H19N. The van der Waals surface area contributed by atoms with Gasteiger partial charge in [0, 0.05) is 11.9 Å². The van der Waals surface area contributed by atoms with Gasteiger partial charge in [-0.3, -0.25) is 4.98 Å². The van der Waals surface area contributed by atoms with E-state index in [0.717, 1.165) is 6.42 Å². The van der Waals surface area contributed by atoms with Crippen molar-refractivity contribution in [2.75, 3.05) is 0 Å². The highest BCUT2D eigenvalue weighted by molar-refractivity contribution is 5.60. The van der Waals surface area contributed by atoms with Crippen molar-refractivity contribution in [2.45, 2.75) is 39.5 Å². The second-order valence-electron chi connectivity index (χ2n) is 5.51. The second kappa shape index (κ2) is 3.48. The molecule has 1 aliphatic carbocycles. The summed E-state index contributed by atoms with van der Waals surface area (Å²) in [7, 11) is 0. The molecule has 0 fully saturated rings. The van der Waals surface area contributed by atoms with Gasteiger partial charge >= 0.3 is 0 Å². The minimum atomic E-state index is 0.206. The average Bonchev–Trinajstić information content (AvgIpc) is 2.15. The van der Waals surface area contributed by atoms with E-state index in [1.165, 1.54) is 16.8 Å². The highest BCUT2D eigenvalue weighted by Crippen LogP contribution is 2.31. The summed E-state index contributed by atoms with van der Waals surface area (Å²) < 4.78 is 0. The van der Waals surface area contributed by atoms with Crippen molar-refractivity contribution in [1.29, 1.82) is 0 Å². The zero-order valence-electron chi connectivity index (χ0n) is 10.0. The molecule has 1 unspecified atom stereocenters. The first-order chi connectivity index (χ1) is 6.98. The zero-order valence-corrected chi connectivity index (χ0v) is 10.0. The van der Waals surface area contributed by atoms with Gasteiger partial charge in [0.1, 0.15) is 0 Å². The number of aromatic nitrogens is 1. The molecule has 0 aliphatic heterocycles. The topological polar surface area (TPSA) is 12.9 Å². The molecule has 1 aliphatic rings. The van der Waals surface area contributed by atoms with Crippen LogP contribution >= 0.6 is 0 Å². The standard InChI is InChI=1S/C14H19N/c1-10-5-6-11-12(14(2,3)4)7-8-15-13(11)9-10/h5-8,10H,9H2,1-4H3. The van der Waals surface area contributed by atoms with E-state index >= 15 is 0 Å². The van der Waals surface area contributed by atoms with E-state index in [1.54, 1.807) is 0 Å². The molecule has 0 N–H and O–H groups in total. The van der Waals surface area contributed by atoms with Gasteiger partial charge in [0.05, 0.1) is 0 Å². The molecule has 0 aromatic carbocycles. The Morgan fingerprint density at radius 3 is 2.73 bits per heavy atom. The van der Waals surface area contributed by atoms with Crippen LogP contribution in [-0.4, -0.2) is 4.98 Å². The molecule has 0 spiro atoms. The maximum Gasteiger partial charge on any atom is 0.0484 e. The van der Waals surface area contributed by atoms with Crippen LogP contribution in [0.25, 0.3) is 6.08 Å². The number of fused-ring (bicyclic) bond motifs is 1. The van der Waals surface area contributed by atoms with Crippen molar-refractivity contribution >= 4 is 6.08 Å². The predicted molar refractivity (Wildman–Crippen MR) is 64.8 cm³/mol. The minimum absolute atomic E-state index is 0.206. The summed E-state index contributed by atoms with van der Waals surface area (Å²) in [4.78, 5) is 4.49. The Labute approximate surface area is 92.2 Å². The van der Waals surface area contributed by atoms with Gasteiger partial charge in [-0.15, -0.1) is 0 Å². The van der Waals surface area contributed by atoms with Crippen molar-refractivity contribution in [2.24, 2.45) is 5.92 Å². The summed E-state index contributed by atoms with van der Waals surface area (Å²) in [6.45, 7) is 9.02. The third-order valence-electron chi connectivity index (χ3n) is 2.99. The Bertz CT molecular complexity index is 396. The lowest BCUT2D eigenvalue weighted by Crippen LogP contribution is -2.17. The maximum atomic E-state index is 4.49. The highest BCUT2D eigenvalue weighted by atomic mass is 14.7. The van der Waals surface area contributed by atoms with E-state index in [9.17, 15) is 0 Å². The number of pyridine rings is 1. The van der Waals surface area contributed by atoms with E-state index in [-0.39, 0.29) is 5.41 Å². The molecule has 80 valence electrons. The van der Waals surface area contributed by atoms with Crippen LogP contribution in [0, 0.1) is 5.92 Å². The lowest BCUT2D eigenvalue weighted by molar-refractivity contribution is 0.582. The first-order valence-corrected chi connectivity index (χ1v) is 5.65. The van der Waals surface area contributed by atoms with Gasteiger partial charge in [-0.1, -0.05) is 39.8 Å². The summed E-state index contributed by atoms with van der Waals surface area (Å²) >= 11 is 0. The number of rotatable bonds is 0. The molecule has 1 aromatic rings. The number of hydrogen-bond donors (Lipinski definition) is 0. The van der Waals surface area contributed by atoms with Gasteiger partial charge in [-0.2, -0.15) is 0 Å². The normalized spacial score (nSPS) is 20.1. The van der Waals surface area contributed by atoms with Crippen LogP contribution in [0.15, 0.2) is 18.3 Å². The quantitative estimate of drug-likeness (QED) is 0.625. The van der Waals surface area contributed by atoms with Gasteiger partial charge in [0.25, 0.3) is 0 Å². The lowest BCUT2D eigenvalue weighted by Gasteiger charge is -2.25. The van der Waals surface area contributed by atoms with Gasteiger partial charge < -0.3 is 0 Å². The van der Waals surface area contributed by atoms with Crippen LogP contribution < -0.4 is 0 Å². The Morgan fingerprint density at radius 2 is 2.07 bits per heavy atom. The third-order valence-corrected chi connectivity index (χ3v) is 2.99. The van der Waals surface area contributed by atoms with E-state index in [1.807, 2.05) is 6.20 Å². The maximum absolute atomic E-state index is 4.49. The van der Waals surface area contributed by atoms with Crippen LogP contribution in [-0.2, 0) is 11.8 Å². The van der Waals surface area contributed by atoms with Crippen molar-refractivity contribution in [1.82, 2.24) is 4.98 Å². The molecule has 0 amide bonds. The lowest BCUT2D eigenvalue weighted by atomic mass is 9.81. The first-order valence-electron chi connectivity index (χ1n) is 5.65. The van der Waals surface area contributed by atoms with Crippen molar-refractivity contribution in [3.8, 4) is 0 Å². The van der Waals surface area contributed by atoms with Crippen LogP contribution in [0.2, 0.25) is 0 Å². The first kappa shape index (κ1) is 10.4. The zero-order chi connectivity index (χ0) is 11.1. The second-order valence-corrected chi connectivity index (χ2v) is 5.51. The van der Waals surface area contributed by atoms with Gasteiger partial charge in [0.2, 0.25) is 0 Å². The molecule has 0 saturated heterocycles. The van der Waals surface area contributed by atoms with Gasteiger partial charge in [-0.25, -0.2) is 0 Å². The van der Waals surface area contributed by atoms with Crippen molar-refractivity contribution in [3.63, 3.8) is 0 Å². The number of allylic oxidation sites excluding steroid dienone is 1. The molecular weight excluding hydrogens is 182 g/mol. The average molecular weight is 201 g/mol. The monoisotopic (exact) mass is 201 g/mol. The predicted octanol–water partition coefficient (Wildman–Crippen LogP) is 3.58. The SMILES string of the molecule is CC1C=Cc2c(C(C)(C)C)ccnc2C1. The molecule has 2 rings (SSSR count). The Balaban J connectivity index is 2.55.